The number of amides is 2. The minimum Gasteiger partial charge on any atom is -0.380 e. The molecule has 1 aromatic heterocycles. The molecule has 3 aromatic rings. The lowest BCUT2D eigenvalue weighted by atomic mass is 10.1. The highest BCUT2D eigenvalue weighted by molar-refractivity contribution is 5.98. The third-order valence-electron chi connectivity index (χ3n) is 6.04. The molecule has 0 unspecified atom stereocenters. The van der Waals surface area contributed by atoms with E-state index in [2.05, 4.69) is 20.5 Å². The fourth-order valence-electron chi connectivity index (χ4n) is 4.04. The molecule has 1 aliphatic rings. The summed E-state index contributed by atoms with van der Waals surface area (Å²) < 4.78 is 27.5. The topological polar surface area (TPSA) is 127 Å². The highest BCUT2D eigenvalue weighted by Gasteiger charge is 2.21. The maximum absolute atomic E-state index is 14.0. The molecule has 1 saturated heterocycles. The summed E-state index contributed by atoms with van der Waals surface area (Å²) in [7, 11) is 0. The lowest BCUT2D eigenvalue weighted by Crippen LogP contribution is -2.48. The van der Waals surface area contributed by atoms with Crippen LogP contribution in [0.2, 0.25) is 0 Å². The molecule has 4 rings (SSSR count). The number of carbonyl (C=O) groups excluding carboxylic acids is 2. The molecule has 0 radical (unpaired) electrons. The lowest BCUT2D eigenvalue weighted by molar-refractivity contribution is -0.130. The van der Waals surface area contributed by atoms with Gasteiger partial charge in [0.1, 0.15) is 12.2 Å². The number of nitriles is 1. The van der Waals surface area contributed by atoms with Crippen molar-refractivity contribution in [3.8, 4) is 6.07 Å². The van der Waals surface area contributed by atoms with Crippen molar-refractivity contribution in [3.63, 3.8) is 0 Å². The van der Waals surface area contributed by atoms with E-state index in [9.17, 15) is 18.4 Å². The standard InChI is InChI=1S/C26H25F2N7O2/c27-21-3-1-2-17(25(21)28)15-31-22-14-23(32-16-20(22)26(30)37)33-18-4-6-19(7-5-18)34-10-12-35(13-11-34)24(36)8-9-29/h1-7,14,16H,8,10-13,15H2,(H2,30,37)(H2,31,32,33). The quantitative estimate of drug-likeness (QED) is 0.428. The molecule has 11 heteroatoms. The highest BCUT2D eigenvalue weighted by Crippen LogP contribution is 2.25. The van der Waals surface area contributed by atoms with E-state index in [0.29, 0.717) is 37.7 Å². The number of nitrogens with zero attached hydrogens (tertiary/aromatic N) is 4. The van der Waals surface area contributed by atoms with Crippen LogP contribution in [0.4, 0.5) is 31.7 Å². The van der Waals surface area contributed by atoms with E-state index in [1.54, 1.807) is 11.0 Å². The zero-order valence-electron chi connectivity index (χ0n) is 19.9. The van der Waals surface area contributed by atoms with Gasteiger partial charge in [-0.1, -0.05) is 12.1 Å². The first kappa shape index (κ1) is 25.4. The van der Waals surface area contributed by atoms with Crippen LogP contribution in [0, 0.1) is 23.0 Å². The molecule has 2 aromatic carbocycles. The molecule has 190 valence electrons. The van der Waals surface area contributed by atoms with Crippen LogP contribution in [-0.4, -0.2) is 47.9 Å². The number of nitrogens with two attached hydrogens (primary N) is 1. The molecule has 2 heterocycles. The zero-order valence-corrected chi connectivity index (χ0v) is 19.9. The molecule has 0 bridgehead atoms. The summed E-state index contributed by atoms with van der Waals surface area (Å²) in [6.07, 6.45) is 1.21. The van der Waals surface area contributed by atoms with Gasteiger partial charge in [-0.3, -0.25) is 9.59 Å². The van der Waals surface area contributed by atoms with Crippen molar-refractivity contribution in [2.75, 3.05) is 41.7 Å². The second-order valence-electron chi connectivity index (χ2n) is 8.42. The van der Waals surface area contributed by atoms with Gasteiger partial charge in [-0.25, -0.2) is 13.8 Å². The van der Waals surface area contributed by atoms with Crippen LogP contribution < -0.4 is 21.3 Å². The number of halogens is 2. The summed E-state index contributed by atoms with van der Waals surface area (Å²) in [5, 5.41) is 14.8. The molecule has 0 atom stereocenters. The summed E-state index contributed by atoms with van der Waals surface area (Å²) in [6.45, 7) is 2.40. The van der Waals surface area contributed by atoms with E-state index >= 15 is 0 Å². The first-order valence-corrected chi connectivity index (χ1v) is 11.6. The van der Waals surface area contributed by atoms with Gasteiger partial charge in [0.05, 0.1) is 17.3 Å². The van der Waals surface area contributed by atoms with Crippen molar-refractivity contribution in [3.05, 3.63) is 77.5 Å². The summed E-state index contributed by atoms with van der Waals surface area (Å²) in [6, 6.07) is 15.0. The summed E-state index contributed by atoms with van der Waals surface area (Å²) in [5.74, 6) is -2.35. The van der Waals surface area contributed by atoms with Crippen LogP contribution >= 0.6 is 0 Å². The monoisotopic (exact) mass is 505 g/mol. The first-order valence-electron chi connectivity index (χ1n) is 11.6. The Labute approximate surface area is 212 Å². The largest absolute Gasteiger partial charge is 0.380 e. The Morgan fingerprint density at radius 3 is 2.49 bits per heavy atom. The summed E-state index contributed by atoms with van der Waals surface area (Å²) in [5.41, 5.74) is 7.74. The number of aromatic nitrogens is 1. The predicted molar refractivity (Wildman–Crippen MR) is 135 cm³/mol. The number of hydrogen-bond donors (Lipinski definition) is 3. The van der Waals surface area contributed by atoms with Gasteiger partial charge in [-0.05, 0) is 30.3 Å². The molecular formula is C26H25F2N7O2. The number of primary amides is 1. The van der Waals surface area contributed by atoms with Crippen LogP contribution in [0.1, 0.15) is 22.3 Å². The fourth-order valence-corrected chi connectivity index (χ4v) is 4.04. The minimum atomic E-state index is -0.960. The number of hydrogen-bond acceptors (Lipinski definition) is 7. The van der Waals surface area contributed by atoms with Crippen LogP contribution in [0.15, 0.2) is 54.7 Å². The third kappa shape index (κ3) is 6.10. The van der Waals surface area contributed by atoms with Gasteiger partial charge in [0.15, 0.2) is 11.6 Å². The van der Waals surface area contributed by atoms with Crippen molar-refractivity contribution in [1.29, 1.82) is 5.26 Å². The van der Waals surface area contributed by atoms with Gasteiger partial charge < -0.3 is 26.2 Å². The van der Waals surface area contributed by atoms with E-state index in [1.807, 2.05) is 30.3 Å². The predicted octanol–water partition coefficient (Wildman–Crippen LogP) is 3.38. The van der Waals surface area contributed by atoms with Gasteiger partial charge in [0.2, 0.25) is 5.91 Å². The van der Waals surface area contributed by atoms with Gasteiger partial charge in [-0.15, -0.1) is 0 Å². The van der Waals surface area contributed by atoms with Crippen LogP contribution in [0.25, 0.3) is 0 Å². The number of nitrogens with one attached hydrogen (secondary N) is 2. The number of benzene rings is 2. The number of rotatable bonds is 8. The number of piperazine rings is 1. The number of carbonyl (C=O) groups is 2. The third-order valence-corrected chi connectivity index (χ3v) is 6.04. The maximum atomic E-state index is 14.0. The summed E-state index contributed by atoms with van der Waals surface area (Å²) >= 11 is 0. The molecule has 1 aliphatic heterocycles. The average molecular weight is 506 g/mol. The maximum Gasteiger partial charge on any atom is 0.252 e. The van der Waals surface area contributed by atoms with Crippen molar-refractivity contribution in [2.24, 2.45) is 5.73 Å². The highest BCUT2D eigenvalue weighted by atomic mass is 19.2. The zero-order chi connectivity index (χ0) is 26.4. The second kappa shape index (κ2) is 11.3. The molecule has 1 fully saturated rings. The number of pyridine rings is 1. The first-order chi connectivity index (χ1) is 17.9. The Balaban J connectivity index is 1.42. The molecule has 0 spiro atoms. The molecule has 2 amide bonds. The Morgan fingerprint density at radius 2 is 1.81 bits per heavy atom. The Morgan fingerprint density at radius 1 is 1.08 bits per heavy atom. The van der Waals surface area contributed by atoms with Crippen molar-refractivity contribution in [1.82, 2.24) is 9.88 Å². The van der Waals surface area contributed by atoms with Crippen LogP contribution in [-0.2, 0) is 11.3 Å². The van der Waals surface area contributed by atoms with Gasteiger partial charge in [0, 0.05) is 61.9 Å². The van der Waals surface area contributed by atoms with E-state index in [0.717, 1.165) is 17.4 Å². The molecular weight excluding hydrogens is 480 g/mol. The molecule has 0 aliphatic carbocycles. The van der Waals surface area contributed by atoms with Gasteiger partial charge in [0.25, 0.3) is 5.91 Å². The normalized spacial score (nSPS) is 13.1. The Bertz CT molecular complexity index is 1330. The molecule has 9 nitrogen and oxygen atoms in total. The minimum absolute atomic E-state index is 0.0581. The van der Waals surface area contributed by atoms with Gasteiger partial charge >= 0.3 is 0 Å². The Hall–Kier alpha value is -4.72. The number of anilines is 4. The lowest BCUT2D eigenvalue weighted by Gasteiger charge is -2.36. The van der Waals surface area contributed by atoms with Crippen LogP contribution in [0.5, 0.6) is 0 Å². The molecule has 4 N–H and O–H groups in total. The second-order valence-corrected chi connectivity index (χ2v) is 8.42. The molecule has 37 heavy (non-hydrogen) atoms. The SMILES string of the molecule is N#CCC(=O)N1CCN(c2ccc(Nc3cc(NCc4cccc(F)c4F)c(C(N)=O)cn3)cc2)CC1. The summed E-state index contributed by atoms with van der Waals surface area (Å²) in [4.78, 5) is 31.8. The van der Waals surface area contributed by atoms with E-state index in [-0.39, 0.29) is 30.0 Å². The van der Waals surface area contributed by atoms with E-state index in [1.165, 1.54) is 18.3 Å². The van der Waals surface area contributed by atoms with Gasteiger partial charge in [-0.2, -0.15) is 5.26 Å². The van der Waals surface area contributed by atoms with E-state index < -0.39 is 17.5 Å². The Kier molecular flexibility index (Phi) is 7.78. The van der Waals surface area contributed by atoms with Crippen molar-refractivity contribution >= 4 is 34.7 Å². The van der Waals surface area contributed by atoms with Crippen LogP contribution in [0.3, 0.4) is 0 Å². The van der Waals surface area contributed by atoms with E-state index in [4.69, 9.17) is 11.0 Å². The fraction of sp³-hybridized carbons (Fsp3) is 0.231. The smallest absolute Gasteiger partial charge is 0.252 e. The average Bonchev–Trinajstić information content (AvgIpc) is 2.90. The van der Waals surface area contributed by atoms with Crippen molar-refractivity contribution < 1.29 is 18.4 Å². The van der Waals surface area contributed by atoms with Crippen molar-refractivity contribution in [2.45, 2.75) is 13.0 Å². The molecule has 0 saturated carbocycles.